The highest BCUT2D eigenvalue weighted by molar-refractivity contribution is 6.04. The number of carbonyl (C=O) groups excluding carboxylic acids is 3. The first-order valence-corrected chi connectivity index (χ1v) is 14.7. The summed E-state index contributed by atoms with van der Waals surface area (Å²) in [6.07, 6.45) is -0.600. The van der Waals surface area contributed by atoms with Crippen LogP contribution in [-0.4, -0.2) is 71.8 Å². The molecule has 0 saturated heterocycles. The second kappa shape index (κ2) is 13.6. The van der Waals surface area contributed by atoms with Crippen molar-refractivity contribution in [2.45, 2.75) is 26.0 Å². The number of urea groups is 2. The van der Waals surface area contributed by atoms with Crippen molar-refractivity contribution in [3.63, 3.8) is 0 Å². The van der Waals surface area contributed by atoms with Crippen molar-refractivity contribution in [1.29, 1.82) is 0 Å². The van der Waals surface area contributed by atoms with E-state index < -0.39 is 24.0 Å². The quantitative estimate of drug-likeness (QED) is 0.203. The fourth-order valence-corrected chi connectivity index (χ4v) is 5.28. The number of benzene rings is 4. The highest BCUT2D eigenvalue weighted by Crippen LogP contribution is 2.35. The highest BCUT2D eigenvalue weighted by atomic mass is 19.1. The standard InChI is InChI=1S/C34H36FN5O5/c1-21-18-40(22(2)20-41)32(42)27-11-7-13-29(37-33(43)36-25-16-14-24(35)15-17-25)31(27)45-30(21)19-39(3)34(44)38-28-12-6-9-23-8-4-5-10-26(23)28/h4-17,21-22,30,41H,18-20H2,1-3H3,(H,38,44)(H2,36,37,43)/t21-,22-,30+/m1/s1. The van der Waals surface area contributed by atoms with Crippen LogP contribution in [0.2, 0.25) is 0 Å². The summed E-state index contributed by atoms with van der Waals surface area (Å²) in [5.41, 5.74) is 1.49. The van der Waals surface area contributed by atoms with Gasteiger partial charge in [-0.2, -0.15) is 0 Å². The van der Waals surface area contributed by atoms with E-state index in [-0.39, 0.29) is 54.6 Å². The van der Waals surface area contributed by atoms with Gasteiger partial charge in [0.15, 0.2) is 5.75 Å². The molecule has 0 bridgehead atoms. The number of hydrogen-bond acceptors (Lipinski definition) is 5. The Morgan fingerprint density at radius 3 is 2.42 bits per heavy atom. The Hall–Kier alpha value is -5.16. The second-order valence-corrected chi connectivity index (χ2v) is 11.2. The van der Waals surface area contributed by atoms with Gasteiger partial charge in [-0.05, 0) is 54.8 Å². The Morgan fingerprint density at radius 2 is 1.67 bits per heavy atom. The van der Waals surface area contributed by atoms with Crippen molar-refractivity contribution in [3.8, 4) is 5.75 Å². The number of ether oxygens (including phenoxy) is 1. The molecule has 0 fully saturated rings. The normalized spacial score (nSPS) is 16.9. The first kappa shape index (κ1) is 31.3. The molecular weight excluding hydrogens is 577 g/mol. The molecule has 4 aromatic carbocycles. The Labute approximate surface area is 260 Å². The third-order valence-corrected chi connectivity index (χ3v) is 7.87. The highest BCUT2D eigenvalue weighted by Gasteiger charge is 2.35. The average Bonchev–Trinajstić information content (AvgIpc) is 3.03. The number of aliphatic hydroxyl groups excluding tert-OH is 1. The van der Waals surface area contributed by atoms with E-state index in [4.69, 9.17) is 4.74 Å². The maximum Gasteiger partial charge on any atom is 0.323 e. The Bertz CT molecular complexity index is 1690. The van der Waals surface area contributed by atoms with Crippen LogP contribution >= 0.6 is 0 Å². The summed E-state index contributed by atoms with van der Waals surface area (Å²) in [5.74, 6) is -0.923. The van der Waals surface area contributed by atoms with Gasteiger partial charge in [0.1, 0.15) is 11.9 Å². The summed E-state index contributed by atoms with van der Waals surface area (Å²) in [4.78, 5) is 43.2. The minimum atomic E-state index is -0.620. The molecule has 11 heteroatoms. The molecule has 4 N–H and O–H groups in total. The van der Waals surface area contributed by atoms with E-state index in [0.717, 1.165) is 10.8 Å². The van der Waals surface area contributed by atoms with Crippen LogP contribution in [0.5, 0.6) is 5.75 Å². The van der Waals surface area contributed by atoms with Crippen LogP contribution in [0, 0.1) is 11.7 Å². The average molecular weight is 614 g/mol. The molecule has 0 saturated carbocycles. The molecule has 3 atom stereocenters. The number of hydrogen-bond donors (Lipinski definition) is 4. The van der Waals surface area contributed by atoms with Gasteiger partial charge < -0.3 is 35.6 Å². The van der Waals surface area contributed by atoms with E-state index in [9.17, 15) is 23.9 Å². The molecule has 234 valence electrons. The molecule has 5 rings (SSSR count). The molecular formula is C34H36FN5O5. The largest absolute Gasteiger partial charge is 0.485 e. The fourth-order valence-electron chi connectivity index (χ4n) is 5.28. The Balaban J connectivity index is 1.41. The number of nitrogens with zero attached hydrogens (tertiary/aromatic N) is 2. The molecule has 10 nitrogen and oxygen atoms in total. The fraction of sp³-hybridized carbons (Fsp3) is 0.265. The smallest absolute Gasteiger partial charge is 0.323 e. The van der Waals surface area contributed by atoms with E-state index in [0.29, 0.717) is 11.4 Å². The molecule has 5 amide bonds. The number of nitrogens with one attached hydrogen (secondary N) is 3. The van der Waals surface area contributed by atoms with Crippen LogP contribution in [0.25, 0.3) is 10.8 Å². The van der Waals surface area contributed by atoms with Crippen LogP contribution < -0.4 is 20.7 Å². The maximum atomic E-state index is 13.7. The number of rotatable bonds is 7. The van der Waals surface area contributed by atoms with Gasteiger partial charge in [-0.3, -0.25) is 4.79 Å². The van der Waals surface area contributed by atoms with Crippen molar-refractivity contribution in [1.82, 2.24) is 9.80 Å². The zero-order chi connectivity index (χ0) is 32.1. The first-order valence-electron chi connectivity index (χ1n) is 14.7. The lowest BCUT2D eigenvalue weighted by Gasteiger charge is -2.38. The van der Waals surface area contributed by atoms with Crippen LogP contribution in [0.1, 0.15) is 24.2 Å². The van der Waals surface area contributed by atoms with Crippen LogP contribution in [0.15, 0.2) is 84.9 Å². The lowest BCUT2D eigenvalue weighted by Crippen LogP contribution is -2.50. The number of fused-ring (bicyclic) bond motifs is 2. The van der Waals surface area contributed by atoms with Crippen LogP contribution in [0.4, 0.5) is 31.0 Å². The molecule has 1 aliphatic rings. The van der Waals surface area contributed by atoms with E-state index in [1.165, 1.54) is 29.2 Å². The zero-order valence-electron chi connectivity index (χ0n) is 25.3. The number of anilines is 3. The summed E-state index contributed by atoms with van der Waals surface area (Å²) >= 11 is 0. The van der Waals surface area contributed by atoms with Crippen molar-refractivity contribution >= 4 is 45.8 Å². The van der Waals surface area contributed by atoms with Crippen molar-refractivity contribution in [2.24, 2.45) is 5.92 Å². The lowest BCUT2D eigenvalue weighted by atomic mass is 9.99. The Kier molecular flexibility index (Phi) is 9.48. The molecule has 0 aromatic heterocycles. The SMILES string of the molecule is C[C@@H]1CN([C@H](C)CO)C(=O)c2cccc(NC(=O)Nc3ccc(F)cc3)c2O[C@H]1CN(C)C(=O)Nc1cccc2ccccc12. The van der Waals surface area contributed by atoms with E-state index in [2.05, 4.69) is 16.0 Å². The summed E-state index contributed by atoms with van der Waals surface area (Å²) < 4.78 is 19.8. The van der Waals surface area contributed by atoms with Gasteiger partial charge in [0.2, 0.25) is 0 Å². The van der Waals surface area contributed by atoms with Gasteiger partial charge in [0.05, 0.1) is 36.1 Å². The van der Waals surface area contributed by atoms with Gasteiger partial charge in [-0.25, -0.2) is 14.0 Å². The summed E-state index contributed by atoms with van der Waals surface area (Å²) in [5, 5.41) is 20.2. The van der Waals surface area contributed by atoms with Gasteiger partial charge in [0.25, 0.3) is 5.91 Å². The summed E-state index contributed by atoms with van der Waals surface area (Å²) in [6, 6.07) is 22.1. The first-order chi connectivity index (χ1) is 21.6. The molecule has 0 spiro atoms. The van der Waals surface area contributed by atoms with E-state index >= 15 is 0 Å². The van der Waals surface area contributed by atoms with Crippen molar-refractivity contribution in [3.05, 3.63) is 96.3 Å². The van der Waals surface area contributed by atoms with Crippen LogP contribution in [-0.2, 0) is 0 Å². The van der Waals surface area contributed by atoms with Gasteiger partial charge in [-0.15, -0.1) is 0 Å². The monoisotopic (exact) mass is 613 g/mol. The van der Waals surface area contributed by atoms with Gasteiger partial charge in [-0.1, -0.05) is 49.4 Å². The van der Waals surface area contributed by atoms with Gasteiger partial charge >= 0.3 is 12.1 Å². The van der Waals surface area contributed by atoms with Crippen molar-refractivity contribution < 1.29 is 28.6 Å². The number of amides is 5. The van der Waals surface area contributed by atoms with Gasteiger partial charge in [0, 0.05) is 30.6 Å². The summed E-state index contributed by atoms with van der Waals surface area (Å²) in [6.45, 7) is 3.84. The number of para-hydroxylation sites is 1. The zero-order valence-corrected chi connectivity index (χ0v) is 25.3. The van der Waals surface area contributed by atoms with Crippen molar-refractivity contribution in [2.75, 3.05) is 42.7 Å². The predicted molar refractivity (Wildman–Crippen MR) is 172 cm³/mol. The predicted octanol–water partition coefficient (Wildman–Crippen LogP) is 6.01. The molecule has 1 heterocycles. The molecule has 4 aromatic rings. The molecule has 45 heavy (non-hydrogen) atoms. The lowest BCUT2D eigenvalue weighted by molar-refractivity contribution is 0.0373. The topological polar surface area (TPSA) is 123 Å². The number of halogens is 1. The molecule has 0 aliphatic carbocycles. The second-order valence-electron chi connectivity index (χ2n) is 11.2. The summed E-state index contributed by atoms with van der Waals surface area (Å²) in [7, 11) is 1.66. The molecule has 0 radical (unpaired) electrons. The van der Waals surface area contributed by atoms with Crippen LogP contribution in [0.3, 0.4) is 0 Å². The molecule has 0 unspecified atom stereocenters. The maximum absolute atomic E-state index is 13.7. The third-order valence-electron chi connectivity index (χ3n) is 7.87. The third kappa shape index (κ3) is 7.15. The molecule has 1 aliphatic heterocycles. The Morgan fingerprint density at radius 1 is 0.978 bits per heavy atom. The number of aliphatic hydroxyl groups is 1. The number of likely N-dealkylation sites (N-methyl/N-ethyl adjacent to an activating group) is 1. The minimum absolute atomic E-state index is 0.145. The number of carbonyl (C=O) groups is 3. The van der Waals surface area contributed by atoms with E-state index in [1.807, 2.05) is 49.4 Å². The van der Waals surface area contributed by atoms with E-state index in [1.54, 1.807) is 37.1 Å². The minimum Gasteiger partial charge on any atom is -0.485 e.